The van der Waals surface area contributed by atoms with Crippen molar-refractivity contribution in [3.8, 4) is 0 Å². The van der Waals surface area contributed by atoms with E-state index in [1.165, 1.54) is 12.1 Å². The Kier molecular flexibility index (Phi) is 5.68. The molecule has 0 saturated heterocycles. The van der Waals surface area contributed by atoms with Gasteiger partial charge in [-0.25, -0.2) is 4.39 Å². The highest BCUT2D eigenvalue weighted by molar-refractivity contribution is 5.97. The highest BCUT2D eigenvalue weighted by Gasteiger charge is 2.23. The third-order valence-corrected chi connectivity index (χ3v) is 3.63. The number of rotatable bonds is 6. The number of nitrogens with zero attached hydrogens (tertiary/aromatic N) is 1. The zero-order valence-corrected chi connectivity index (χ0v) is 13.8. The van der Waals surface area contributed by atoms with Gasteiger partial charge in [-0.2, -0.15) is 0 Å². The molecule has 0 aliphatic rings. The van der Waals surface area contributed by atoms with Gasteiger partial charge in [-0.15, -0.1) is 0 Å². The van der Waals surface area contributed by atoms with E-state index in [1.807, 2.05) is 6.92 Å². The van der Waals surface area contributed by atoms with Gasteiger partial charge in [0.1, 0.15) is 17.6 Å². The van der Waals surface area contributed by atoms with Crippen molar-refractivity contribution >= 4 is 17.6 Å². The van der Waals surface area contributed by atoms with Gasteiger partial charge < -0.3 is 15.2 Å². The number of aromatic nitrogens is 1. The van der Waals surface area contributed by atoms with Gasteiger partial charge in [-0.3, -0.25) is 9.59 Å². The number of halogens is 1. The third kappa shape index (κ3) is 4.41. The van der Waals surface area contributed by atoms with E-state index in [-0.39, 0.29) is 11.7 Å². The molecule has 0 fully saturated rings. The van der Waals surface area contributed by atoms with Crippen LogP contribution in [0.1, 0.15) is 37.5 Å². The van der Waals surface area contributed by atoms with Gasteiger partial charge in [-0.1, -0.05) is 24.2 Å². The van der Waals surface area contributed by atoms with Crippen molar-refractivity contribution < 1.29 is 18.5 Å². The number of hydrogen-bond acceptors (Lipinski definition) is 4. The number of amides is 2. The molecule has 1 aromatic heterocycles. The second-order valence-corrected chi connectivity index (χ2v) is 5.55. The van der Waals surface area contributed by atoms with Crippen LogP contribution in [0, 0.1) is 12.7 Å². The van der Waals surface area contributed by atoms with E-state index in [2.05, 4.69) is 15.8 Å². The lowest BCUT2D eigenvalue weighted by Crippen LogP contribution is -2.43. The first-order valence-electron chi connectivity index (χ1n) is 7.70. The van der Waals surface area contributed by atoms with Crippen LogP contribution < -0.4 is 10.6 Å². The molecule has 0 aliphatic heterocycles. The van der Waals surface area contributed by atoms with E-state index in [0.29, 0.717) is 23.6 Å². The fourth-order valence-electron chi connectivity index (χ4n) is 2.31. The standard InChI is InChI=1S/C17H20FN3O3/c1-4-14(12-5-7-13(18)8-6-12)17(23)19-11(3)16(22)20-15-9-10(2)24-21-15/h5-9,11,14H,4H2,1-3H3,(H,19,23)(H,20,21,22)/t11-,14?/m0/s1. The number of carbonyl (C=O) groups excluding carboxylic acids is 2. The van der Waals surface area contributed by atoms with Crippen LogP contribution in [0.3, 0.4) is 0 Å². The molecule has 2 atom stereocenters. The number of hydrogen-bond donors (Lipinski definition) is 2. The summed E-state index contributed by atoms with van der Waals surface area (Å²) < 4.78 is 17.9. The maximum atomic E-state index is 13.0. The number of carbonyl (C=O) groups is 2. The summed E-state index contributed by atoms with van der Waals surface area (Å²) in [5.74, 6) is -0.623. The molecular weight excluding hydrogens is 313 g/mol. The molecule has 2 N–H and O–H groups in total. The summed E-state index contributed by atoms with van der Waals surface area (Å²) in [5, 5.41) is 8.90. The maximum Gasteiger partial charge on any atom is 0.247 e. The quantitative estimate of drug-likeness (QED) is 0.851. The van der Waals surface area contributed by atoms with E-state index >= 15 is 0 Å². The van der Waals surface area contributed by atoms with Gasteiger partial charge >= 0.3 is 0 Å². The summed E-state index contributed by atoms with van der Waals surface area (Å²) in [7, 11) is 0. The van der Waals surface area contributed by atoms with Gasteiger partial charge in [0.15, 0.2) is 5.82 Å². The first-order chi connectivity index (χ1) is 11.4. The Morgan fingerprint density at radius 2 is 1.92 bits per heavy atom. The summed E-state index contributed by atoms with van der Waals surface area (Å²) in [6.07, 6.45) is 0.536. The first kappa shape index (κ1) is 17.7. The summed E-state index contributed by atoms with van der Waals surface area (Å²) in [4.78, 5) is 24.5. The summed E-state index contributed by atoms with van der Waals surface area (Å²) in [6.45, 7) is 5.15. The zero-order valence-electron chi connectivity index (χ0n) is 13.8. The van der Waals surface area contributed by atoms with Gasteiger partial charge in [0, 0.05) is 6.07 Å². The largest absolute Gasteiger partial charge is 0.360 e. The van der Waals surface area contributed by atoms with Crippen LogP contribution in [0.25, 0.3) is 0 Å². The van der Waals surface area contributed by atoms with Crippen LogP contribution >= 0.6 is 0 Å². The highest BCUT2D eigenvalue weighted by atomic mass is 19.1. The van der Waals surface area contributed by atoms with Crippen LogP contribution in [0.2, 0.25) is 0 Å². The summed E-state index contributed by atoms with van der Waals surface area (Å²) in [6, 6.07) is 6.62. The minimum Gasteiger partial charge on any atom is -0.360 e. The SMILES string of the molecule is CCC(C(=O)N[C@@H](C)C(=O)Nc1cc(C)on1)c1ccc(F)cc1. The van der Waals surface area contributed by atoms with E-state index in [4.69, 9.17) is 4.52 Å². The molecule has 0 radical (unpaired) electrons. The normalized spacial score (nSPS) is 13.2. The predicted octanol–water partition coefficient (Wildman–Crippen LogP) is 2.76. The number of benzene rings is 1. The van der Waals surface area contributed by atoms with Gasteiger partial charge in [0.05, 0.1) is 5.92 Å². The Bertz CT molecular complexity index is 712. The average Bonchev–Trinajstić information content (AvgIpc) is 2.94. The fourth-order valence-corrected chi connectivity index (χ4v) is 2.31. The van der Waals surface area contributed by atoms with E-state index in [1.54, 1.807) is 32.0 Å². The van der Waals surface area contributed by atoms with Crippen LogP contribution in [-0.2, 0) is 9.59 Å². The highest BCUT2D eigenvalue weighted by Crippen LogP contribution is 2.20. The average molecular weight is 333 g/mol. The molecule has 1 aromatic carbocycles. The molecule has 2 rings (SSSR count). The Morgan fingerprint density at radius 3 is 2.46 bits per heavy atom. The summed E-state index contributed by atoms with van der Waals surface area (Å²) >= 11 is 0. The van der Waals surface area contributed by atoms with Crippen LogP contribution in [0.4, 0.5) is 10.2 Å². The molecule has 1 unspecified atom stereocenters. The predicted molar refractivity (Wildman–Crippen MR) is 86.9 cm³/mol. The Balaban J connectivity index is 1.98. The van der Waals surface area contributed by atoms with Crippen molar-refractivity contribution in [3.63, 3.8) is 0 Å². The molecule has 6 nitrogen and oxygen atoms in total. The topological polar surface area (TPSA) is 84.2 Å². The molecule has 0 bridgehead atoms. The third-order valence-electron chi connectivity index (χ3n) is 3.63. The molecule has 0 spiro atoms. The molecule has 24 heavy (non-hydrogen) atoms. The Morgan fingerprint density at radius 1 is 1.25 bits per heavy atom. The van der Waals surface area contributed by atoms with Crippen molar-refractivity contribution in [1.29, 1.82) is 0 Å². The second-order valence-electron chi connectivity index (χ2n) is 5.55. The summed E-state index contributed by atoms with van der Waals surface area (Å²) in [5.41, 5.74) is 0.705. The number of aryl methyl sites for hydroxylation is 1. The maximum absolute atomic E-state index is 13.0. The molecule has 2 amide bonds. The molecular formula is C17H20FN3O3. The van der Waals surface area contributed by atoms with Gasteiger partial charge in [-0.05, 0) is 38.0 Å². The lowest BCUT2D eigenvalue weighted by atomic mass is 9.95. The lowest BCUT2D eigenvalue weighted by molar-refractivity contribution is -0.127. The Hall–Kier alpha value is -2.70. The van der Waals surface area contributed by atoms with Crippen molar-refractivity contribution in [3.05, 3.63) is 47.5 Å². The van der Waals surface area contributed by atoms with Crippen molar-refractivity contribution in [2.24, 2.45) is 0 Å². The van der Waals surface area contributed by atoms with E-state index in [9.17, 15) is 14.0 Å². The second kappa shape index (κ2) is 7.72. The van der Waals surface area contributed by atoms with E-state index in [0.717, 1.165) is 0 Å². The minimum absolute atomic E-state index is 0.289. The van der Waals surface area contributed by atoms with Crippen LogP contribution in [0.15, 0.2) is 34.9 Å². The van der Waals surface area contributed by atoms with Crippen LogP contribution in [0.5, 0.6) is 0 Å². The minimum atomic E-state index is -0.746. The van der Waals surface area contributed by atoms with Crippen molar-refractivity contribution in [1.82, 2.24) is 10.5 Å². The zero-order chi connectivity index (χ0) is 17.7. The molecule has 7 heteroatoms. The van der Waals surface area contributed by atoms with E-state index < -0.39 is 17.9 Å². The first-order valence-corrected chi connectivity index (χ1v) is 7.70. The monoisotopic (exact) mass is 333 g/mol. The number of nitrogens with one attached hydrogen (secondary N) is 2. The smallest absolute Gasteiger partial charge is 0.247 e. The van der Waals surface area contributed by atoms with Crippen molar-refractivity contribution in [2.45, 2.75) is 39.2 Å². The fraction of sp³-hybridized carbons (Fsp3) is 0.353. The molecule has 0 saturated carbocycles. The Labute approximate surface area is 139 Å². The molecule has 0 aliphatic carbocycles. The molecule has 2 aromatic rings. The molecule has 128 valence electrons. The lowest BCUT2D eigenvalue weighted by Gasteiger charge is -2.19. The van der Waals surface area contributed by atoms with Crippen molar-refractivity contribution in [2.75, 3.05) is 5.32 Å². The van der Waals surface area contributed by atoms with Gasteiger partial charge in [0.2, 0.25) is 11.8 Å². The number of anilines is 1. The van der Waals surface area contributed by atoms with Crippen LogP contribution in [-0.4, -0.2) is 23.0 Å². The van der Waals surface area contributed by atoms with Gasteiger partial charge in [0.25, 0.3) is 0 Å². The molecule has 1 heterocycles.